The molecule has 0 unspecified atom stereocenters. The van der Waals surface area contributed by atoms with Crippen molar-refractivity contribution in [3.8, 4) is 0 Å². The van der Waals surface area contributed by atoms with E-state index in [2.05, 4.69) is 5.32 Å². The maximum atomic E-state index is 12.1. The van der Waals surface area contributed by atoms with Crippen molar-refractivity contribution in [3.05, 3.63) is 24.3 Å². The van der Waals surface area contributed by atoms with Gasteiger partial charge in [-0.15, -0.1) is 0 Å². The van der Waals surface area contributed by atoms with Gasteiger partial charge in [-0.3, -0.25) is 14.4 Å². The predicted molar refractivity (Wildman–Crippen MR) is 91.2 cm³/mol. The molecule has 7 heteroatoms. The molecule has 1 N–H and O–H groups in total. The lowest BCUT2D eigenvalue weighted by molar-refractivity contribution is -0.154. The topological polar surface area (TPSA) is 84.9 Å². The van der Waals surface area contributed by atoms with Crippen LogP contribution in [0.4, 0.5) is 11.4 Å². The quantitative estimate of drug-likeness (QED) is 0.821. The van der Waals surface area contributed by atoms with E-state index in [9.17, 15) is 14.4 Å². The second-order valence-corrected chi connectivity index (χ2v) is 6.21. The van der Waals surface area contributed by atoms with Crippen molar-refractivity contribution in [1.29, 1.82) is 0 Å². The highest BCUT2D eigenvalue weighted by atomic mass is 16.5. The van der Waals surface area contributed by atoms with Crippen LogP contribution in [0.3, 0.4) is 0 Å². The molecule has 0 saturated carbocycles. The molecule has 1 aromatic carbocycles. The van der Waals surface area contributed by atoms with Crippen LogP contribution in [-0.4, -0.2) is 44.1 Å². The molecule has 0 bridgehead atoms. The number of nitrogens with one attached hydrogen (secondary N) is 1. The number of ether oxygens (including phenoxy) is 2. The third kappa shape index (κ3) is 4.36. The number of para-hydroxylation sites is 2. The van der Waals surface area contributed by atoms with Crippen molar-refractivity contribution >= 4 is 29.2 Å². The Morgan fingerprint density at radius 1 is 1.24 bits per heavy atom. The van der Waals surface area contributed by atoms with Gasteiger partial charge in [-0.25, -0.2) is 0 Å². The van der Waals surface area contributed by atoms with Crippen molar-refractivity contribution in [2.24, 2.45) is 5.92 Å². The summed E-state index contributed by atoms with van der Waals surface area (Å²) in [4.78, 5) is 37.7. The van der Waals surface area contributed by atoms with Crippen molar-refractivity contribution < 1.29 is 23.9 Å². The second-order valence-electron chi connectivity index (χ2n) is 6.21. The van der Waals surface area contributed by atoms with Crippen LogP contribution in [0.5, 0.6) is 0 Å². The summed E-state index contributed by atoms with van der Waals surface area (Å²) in [5.74, 6) is -0.926. The van der Waals surface area contributed by atoms with E-state index in [1.54, 1.807) is 23.1 Å². The first-order valence-electron chi connectivity index (χ1n) is 8.59. The minimum absolute atomic E-state index is 0.0487. The largest absolute Gasteiger partial charge is 0.455 e. The van der Waals surface area contributed by atoms with E-state index in [0.29, 0.717) is 50.4 Å². The average molecular weight is 346 g/mol. The fourth-order valence-electron chi connectivity index (χ4n) is 3.09. The monoisotopic (exact) mass is 346 g/mol. The zero-order valence-electron chi connectivity index (χ0n) is 14.0. The summed E-state index contributed by atoms with van der Waals surface area (Å²) in [7, 11) is 0. The number of carbonyl (C=O) groups is 3. The van der Waals surface area contributed by atoms with Gasteiger partial charge >= 0.3 is 5.97 Å². The van der Waals surface area contributed by atoms with Crippen LogP contribution in [0, 0.1) is 5.92 Å². The number of carbonyl (C=O) groups excluding carboxylic acids is 3. The minimum atomic E-state index is -0.417. The molecule has 2 amide bonds. The Balaban J connectivity index is 1.56. The van der Waals surface area contributed by atoms with E-state index in [1.165, 1.54) is 0 Å². The van der Waals surface area contributed by atoms with Gasteiger partial charge in [0.25, 0.3) is 5.91 Å². The lowest BCUT2D eigenvalue weighted by Crippen LogP contribution is -2.29. The summed E-state index contributed by atoms with van der Waals surface area (Å²) < 4.78 is 10.3. The fraction of sp³-hybridized carbons (Fsp3) is 0.500. The van der Waals surface area contributed by atoms with Crippen molar-refractivity contribution in [2.45, 2.75) is 25.7 Å². The number of benzene rings is 1. The number of esters is 1. The Morgan fingerprint density at radius 2 is 2.00 bits per heavy atom. The van der Waals surface area contributed by atoms with Crippen LogP contribution in [0.2, 0.25) is 0 Å². The molecule has 2 aliphatic heterocycles. The van der Waals surface area contributed by atoms with Crippen LogP contribution in [0.15, 0.2) is 24.3 Å². The molecule has 0 aliphatic carbocycles. The van der Waals surface area contributed by atoms with Crippen molar-refractivity contribution in [1.82, 2.24) is 0 Å². The molecule has 0 atom stereocenters. The molecule has 2 saturated heterocycles. The first kappa shape index (κ1) is 17.4. The van der Waals surface area contributed by atoms with E-state index in [4.69, 9.17) is 9.47 Å². The van der Waals surface area contributed by atoms with Crippen molar-refractivity contribution in [2.75, 3.05) is 36.6 Å². The molecule has 25 heavy (non-hydrogen) atoms. The van der Waals surface area contributed by atoms with E-state index < -0.39 is 5.91 Å². The third-order valence-corrected chi connectivity index (χ3v) is 4.44. The van der Waals surface area contributed by atoms with Gasteiger partial charge in [0.1, 0.15) is 0 Å². The van der Waals surface area contributed by atoms with Gasteiger partial charge in [-0.2, -0.15) is 0 Å². The van der Waals surface area contributed by atoms with Crippen LogP contribution in [-0.2, 0) is 23.9 Å². The molecular formula is C18H22N2O5. The zero-order chi connectivity index (χ0) is 17.6. The Kier molecular flexibility index (Phi) is 5.65. The normalized spacial score (nSPS) is 18.2. The van der Waals surface area contributed by atoms with E-state index in [1.807, 2.05) is 6.07 Å². The molecule has 2 heterocycles. The van der Waals surface area contributed by atoms with Gasteiger partial charge in [0.2, 0.25) is 5.91 Å². The number of anilines is 2. The number of hydrogen-bond donors (Lipinski definition) is 1. The van der Waals surface area contributed by atoms with E-state index in [0.717, 1.165) is 6.42 Å². The SMILES string of the molecule is O=C(COC(=O)C1CCOCC1)Nc1ccccc1N1CCCC1=O. The molecule has 2 aliphatic rings. The minimum Gasteiger partial charge on any atom is -0.455 e. The van der Waals surface area contributed by atoms with Gasteiger partial charge in [0.05, 0.1) is 17.3 Å². The van der Waals surface area contributed by atoms with Gasteiger partial charge in [-0.1, -0.05) is 12.1 Å². The number of rotatable bonds is 5. The summed E-state index contributed by atoms with van der Waals surface area (Å²) >= 11 is 0. The molecule has 2 fully saturated rings. The highest BCUT2D eigenvalue weighted by Gasteiger charge is 2.25. The summed E-state index contributed by atoms with van der Waals surface area (Å²) in [5, 5.41) is 2.73. The third-order valence-electron chi connectivity index (χ3n) is 4.44. The molecule has 7 nitrogen and oxygen atoms in total. The molecule has 134 valence electrons. The standard InChI is InChI=1S/C18H22N2O5/c21-16(12-25-18(23)13-7-10-24-11-8-13)19-14-4-1-2-5-15(14)20-9-3-6-17(20)22/h1-2,4-5,13H,3,6-12H2,(H,19,21). The molecule has 0 spiro atoms. The highest BCUT2D eigenvalue weighted by molar-refractivity contribution is 6.02. The summed E-state index contributed by atoms with van der Waals surface area (Å²) in [6.07, 6.45) is 2.58. The second kappa shape index (κ2) is 8.11. The molecular weight excluding hydrogens is 324 g/mol. The van der Waals surface area contributed by atoms with Gasteiger partial charge < -0.3 is 19.7 Å². The zero-order valence-corrected chi connectivity index (χ0v) is 14.0. The Morgan fingerprint density at radius 3 is 2.72 bits per heavy atom. The van der Waals surface area contributed by atoms with E-state index in [-0.39, 0.29) is 24.4 Å². The Hall–Kier alpha value is -2.41. The molecule has 3 rings (SSSR count). The summed E-state index contributed by atoms with van der Waals surface area (Å²) in [6, 6.07) is 7.14. The Labute approximate surface area is 146 Å². The van der Waals surface area contributed by atoms with E-state index >= 15 is 0 Å². The first-order chi connectivity index (χ1) is 12.1. The lowest BCUT2D eigenvalue weighted by atomic mass is 10.0. The molecule has 1 aromatic rings. The summed E-state index contributed by atoms with van der Waals surface area (Å²) in [6.45, 7) is 1.40. The smallest absolute Gasteiger partial charge is 0.309 e. The van der Waals surface area contributed by atoms with Crippen LogP contribution in [0.25, 0.3) is 0 Å². The summed E-state index contributed by atoms with van der Waals surface area (Å²) in [5.41, 5.74) is 1.22. The fourth-order valence-corrected chi connectivity index (χ4v) is 3.09. The van der Waals surface area contributed by atoms with Crippen molar-refractivity contribution in [3.63, 3.8) is 0 Å². The Bertz CT molecular complexity index is 655. The highest BCUT2D eigenvalue weighted by Crippen LogP contribution is 2.29. The van der Waals surface area contributed by atoms with Gasteiger partial charge in [-0.05, 0) is 31.4 Å². The van der Waals surface area contributed by atoms with Crippen LogP contribution in [0.1, 0.15) is 25.7 Å². The van der Waals surface area contributed by atoms with Crippen LogP contribution >= 0.6 is 0 Å². The molecule has 0 radical (unpaired) electrons. The molecule has 0 aromatic heterocycles. The maximum absolute atomic E-state index is 12.1. The number of amides is 2. The van der Waals surface area contributed by atoms with Gasteiger partial charge in [0, 0.05) is 26.2 Å². The average Bonchev–Trinajstić information content (AvgIpc) is 3.07. The number of hydrogen-bond acceptors (Lipinski definition) is 5. The maximum Gasteiger partial charge on any atom is 0.309 e. The number of nitrogens with zero attached hydrogens (tertiary/aromatic N) is 1. The first-order valence-corrected chi connectivity index (χ1v) is 8.59. The predicted octanol–water partition coefficient (Wildman–Crippen LogP) is 1.72. The van der Waals surface area contributed by atoms with Crippen LogP contribution < -0.4 is 10.2 Å². The van der Waals surface area contributed by atoms with Gasteiger partial charge in [0.15, 0.2) is 6.61 Å². The lowest BCUT2D eigenvalue weighted by Gasteiger charge is -2.21.